The molecule has 2 aliphatic heterocycles. The molecule has 6 nitrogen and oxygen atoms in total. The van der Waals surface area contributed by atoms with Gasteiger partial charge in [-0.05, 0) is 55.3 Å². The van der Waals surface area contributed by atoms with Crippen molar-refractivity contribution < 1.29 is 19.0 Å². The van der Waals surface area contributed by atoms with Crippen LogP contribution in [-0.2, 0) is 9.53 Å². The van der Waals surface area contributed by atoms with Crippen LogP contribution in [0.2, 0.25) is 0 Å². The molecule has 1 fully saturated rings. The number of benzene rings is 1. The van der Waals surface area contributed by atoms with Gasteiger partial charge in [0, 0.05) is 11.6 Å². The molecule has 0 spiro atoms. The average molecular weight is 413 g/mol. The zero-order valence-electron chi connectivity index (χ0n) is 16.7. The Morgan fingerprint density at radius 1 is 1.24 bits per heavy atom. The number of thioether (sulfide) groups is 1. The van der Waals surface area contributed by atoms with E-state index in [2.05, 4.69) is 17.5 Å². The van der Waals surface area contributed by atoms with Gasteiger partial charge in [-0.15, -0.1) is 11.8 Å². The van der Waals surface area contributed by atoms with Crippen molar-refractivity contribution in [1.82, 2.24) is 5.32 Å². The van der Waals surface area contributed by atoms with Gasteiger partial charge in [-0.3, -0.25) is 9.79 Å². The van der Waals surface area contributed by atoms with Crippen LogP contribution in [0.3, 0.4) is 0 Å². The van der Waals surface area contributed by atoms with E-state index in [4.69, 9.17) is 19.2 Å². The van der Waals surface area contributed by atoms with Crippen molar-refractivity contribution >= 4 is 29.5 Å². The third-order valence-corrected chi connectivity index (χ3v) is 5.72. The Balaban J connectivity index is 1.73. The maximum absolute atomic E-state index is 11.8. The maximum atomic E-state index is 11.8. The number of nitrogens with zero attached hydrogens (tertiary/aromatic N) is 1. The van der Waals surface area contributed by atoms with E-state index < -0.39 is 0 Å². The second-order valence-electron chi connectivity index (χ2n) is 7.19. The lowest BCUT2D eigenvalue weighted by Gasteiger charge is -2.23. The molecule has 1 aliphatic carbocycles. The number of ether oxygens (including phenoxy) is 3. The van der Waals surface area contributed by atoms with Crippen molar-refractivity contribution in [2.45, 2.75) is 25.3 Å². The molecule has 1 aromatic rings. The largest absolute Gasteiger partial charge is 0.494 e. The van der Waals surface area contributed by atoms with Crippen LogP contribution in [0, 0.1) is 0 Å². The zero-order chi connectivity index (χ0) is 20.4. The lowest BCUT2D eigenvalue weighted by molar-refractivity contribution is -0.118. The van der Waals surface area contributed by atoms with E-state index >= 15 is 0 Å². The summed E-state index contributed by atoms with van der Waals surface area (Å²) >= 11 is 1.57. The first kappa shape index (κ1) is 19.6. The van der Waals surface area contributed by atoms with E-state index in [-0.39, 0.29) is 17.3 Å². The summed E-state index contributed by atoms with van der Waals surface area (Å²) < 4.78 is 17.0. The third kappa shape index (κ3) is 4.34. The van der Waals surface area contributed by atoms with Crippen molar-refractivity contribution in [2.75, 3.05) is 26.1 Å². The summed E-state index contributed by atoms with van der Waals surface area (Å²) in [6.07, 6.45) is 6.11. The SMILES string of the molecule is COC1=CC(=C\c2ccc3c(c2)OCCO3)/C=C(C2NC(=O)CS2)C/1=N/C(C)C. The normalized spacial score (nSPS) is 23.9. The summed E-state index contributed by atoms with van der Waals surface area (Å²) in [5.74, 6) is 2.70. The van der Waals surface area contributed by atoms with Crippen LogP contribution in [-0.4, -0.2) is 49.1 Å². The minimum absolute atomic E-state index is 0.0377. The highest BCUT2D eigenvalue weighted by atomic mass is 32.2. The molecule has 1 amide bonds. The molecule has 1 aromatic carbocycles. The molecule has 0 saturated carbocycles. The zero-order valence-corrected chi connectivity index (χ0v) is 17.5. The molecule has 29 heavy (non-hydrogen) atoms. The fourth-order valence-electron chi connectivity index (χ4n) is 3.39. The first-order valence-corrected chi connectivity index (χ1v) is 10.7. The number of rotatable bonds is 4. The summed E-state index contributed by atoms with van der Waals surface area (Å²) in [4.78, 5) is 16.6. The average Bonchev–Trinajstić information content (AvgIpc) is 3.14. The van der Waals surface area contributed by atoms with E-state index in [9.17, 15) is 4.79 Å². The van der Waals surface area contributed by atoms with Crippen LogP contribution in [0.1, 0.15) is 19.4 Å². The monoisotopic (exact) mass is 412 g/mol. The molecule has 0 radical (unpaired) electrons. The summed E-state index contributed by atoms with van der Waals surface area (Å²) in [5, 5.41) is 2.89. The van der Waals surface area contributed by atoms with Crippen molar-refractivity contribution in [3.63, 3.8) is 0 Å². The van der Waals surface area contributed by atoms with Crippen molar-refractivity contribution in [3.8, 4) is 11.5 Å². The van der Waals surface area contributed by atoms with Gasteiger partial charge in [-0.1, -0.05) is 6.07 Å². The van der Waals surface area contributed by atoms with Gasteiger partial charge in [0.15, 0.2) is 11.5 Å². The van der Waals surface area contributed by atoms with Gasteiger partial charge in [0.05, 0.1) is 12.9 Å². The predicted octanol–water partition coefficient (Wildman–Crippen LogP) is 3.35. The molecule has 1 atom stereocenters. The Labute approximate surface area is 174 Å². The molecule has 0 aromatic heterocycles. The summed E-state index contributed by atoms with van der Waals surface area (Å²) in [5.41, 5.74) is 3.72. The number of amides is 1. The second-order valence-corrected chi connectivity index (χ2v) is 8.28. The molecular formula is C22H24N2O4S. The van der Waals surface area contributed by atoms with Crippen LogP contribution < -0.4 is 14.8 Å². The van der Waals surface area contributed by atoms with Crippen LogP contribution in [0.15, 0.2) is 52.2 Å². The van der Waals surface area contributed by atoms with E-state index in [1.165, 1.54) is 0 Å². The van der Waals surface area contributed by atoms with Gasteiger partial charge in [-0.25, -0.2) is 0 Å². The molecule has 0 bridgehead atoms. The predicted molar refractivity (Wildman–Crippen MR) is 116 cm³/mol. The third-order valence-electron chi connectivity index (χ3n) is 4.59. The molecule has 152 valence electrons. The molecule has 1 saturated heterocycles. The first-order valence-electron chi connectivity index (χ1n) is 9.61. The molecular weight excluding hydrogens is 388 g/mol. The number of carbonyl (C=O) groups excluding carboxylic acids is 1. The quantitative estimate of drug-likeness (QED) is 0.821. The summed E-state index contributed by atoms with van der Waals surface area (Å²) in [7, 11) is 1.65. The number of methoxy groups -OCH3 is 1. The van der Waals surface area contributed by atoms with Gasteiger partial charge in [-0.2, -0.15) is 0 Å². The lowest BCUT2D eigenvalue weighted by Crippen LogP contribution is -2.32. The van der Waals surface area contributed by atoms with Crippen LogP contribution >= 0.6 is 11.8 Å². The molecule has 1 unspecified atom stereocenters. The Hall–Kier alpha value is -2.67. The number of nitrogens with one attached hydrogen (secondary N) is 1. The summed E-state index contributed by atoms with van der Waals surface area (Å²) in [6, 6.07) is 6.00. The van der Waals surface area contributed by atoms with Gasteiger partial charge in [0.25, 0.3) is 0 Å². The van der Waals surface area contributed by atoms with E-state index in [0.29, 0.717) is 24.7 Å². The van der Waals surface area contributed by atoms with Crippen molar-refractivity contribution in [2.24, 2.45) is 4.99 Å². The first-order chi connectivity index (χ1) is 14.0. The number of aliphatic imine (C=N–C) groups is 1. The second kappa shape index (κ2) is 8.37. The Bertz CT molecular complexity index is 946. The lowest BCUT2D eigenvalue weighted by atomic mass is 9.96. The van der Waals surface area contributed by atoms with Gasteiger partial charge < -0.3 is 19.5 Å². The minimum atomic E-state index is -0.137. The molecule has 4 rings (SSSR count). The number of carbonyl (C=O) groups is 1. The van der Waals surface area contributed by atoms with E-state index in [1.807, 2.05) is 38.1 Å². The topological polar surface area (TPSA) is 69.2 Å². The highest BCUT2D eigenvalue weighted by molar-refractivity contribution is 8.01. The van der Waals surface area contributed by atoms with E-state index in [0.717, 1.165) is 33.9 Å². The Kier molecular flexibility index (Phi) is 5.67. The highest BCUT2D eigenvalue weighted by Gasteiger charge is 2.31. The fraction of sp³-hybridized carbons (Fsp3) is 0.364. The summed E-state index contributed by atoms with van der Waals surface area (Å²) in [6.45, 7) is 5.18. The smallest absolute Gasteiger partial charge is 0.231 e. The molecule has 2 heterocycles. The van der Waals surface area contributed by atoms with Gasteiger partial charge >= 0.3 is 0 Å². The molecule has 1 N–H and O–H groups in total. The Morgan fingerprint density at radius 2 is 2.03 bits per heavy atom. The van der Waals surface area contributed by atoms with Crippen LogP contribution in [0.25, 0.3) is 6.08 Å². The number of hydrogen-bond donors (Lipinski definition) is 1. The Morgan fingerprint density at radius 3 is 2.72 bits per heavy atom. The minimum Gasteiger partial charge on any atom is -0.494 e. The van der Waals surface area contributed by atoms with Gasteiger partial charge in [0.2, 0.25) is 5.91 Å². The number of allylic oxidation sites excluding steroid dienone is 4. The number of hydrogen-bond acceptors (Lipinski definition) is 6. The van der Waals surface area contributed by atoms with Crippen LogP contribution in [0.4, 0.5) is 0 Å². The standard InChI is InChI=1S/C22H24N2O4S/c1-13(2)23-21-16(22-24-20(25)12-29-22)9-15(11-19(21)26-3)8-14-4-5-17-18(10-14)28-7-6-27-17/h4-5,8-11,13,22H,6-7,12H2,1-3H3,(H,24,25)/b15-8-,23-21-. The van der Waals surface area contributed by atoms with Crippen molar-refractivity contribution in [1.29, 1.82) is 0 Å². The fourth-order valence-corrected chi connectivity index (χ4v) is 4.36. The maximum Gasteiger partial charge on any atom is 0.231 e. The molecule has 7 heteroatoms. The molecule has 3 aliphatic rings. The van der Waals surface area contributed by atoms with Gasteiger partial charge in [0.1, 0.15) is 30.1 Å². The van der Waals surface area contributed by atoms with E-state index in [1.54, 1.807) is 18.9 Å². The van der Waals surface area contributed by atoms with Crippen LogP contribution in [0.5, 0.6) is 11.5 Å². The highest BCUT2D eigenvalue weighted by Crippen LogP contribution is 2.34. The van der Waals surface area contributed by atoms with Crippen molar-refractivity contribution in [3.05, 3.63) is 52.8 Å². The number of fused-ring (bicyclic) bond motifs is 1.